The number of phosphoric acid groups is 1. The maximum absolute atomic E-state index is 12.7. The Hall–Kier alpha value is -1.53. The summed E-state index contributed by atoms with van der Waals surface area (Å²) in [6, 6.07) is 0. The van der Waals surface area contributed by atoms with Crippen LogP contribution in [0, 0.1) is 0 Å². The molecule has 0 fully saturated rings. The molecule has 0 rings (SSSR count). The summed E-state index contributed by atoms with van der Waals surface area (Å²) in [5, 5.41) is 11.6. The summed E-state index contributed by atoms with van der Waals surface area (Å²) in [5.74, 6) is 2.26. The van der Waals surface area contributed by atoms with Crippen LogP contribution < -0.4 is 26.8 Å². The lowest BCUT2D eigenvalue weighted by molar-refractivity contribution is -0.141. The Balaban J connectivity index is 4.04. The Bertz CT molecular complexity index is 1120. The van der Waals surface area contributed by atoms with E-state index >= 15 is 0 Å². The lowest BCUT2D eigenvalue weighted by Crippen LogP contribution is -2.44. The number of carbonyl (C=O) groups is 5. The highest BCUT2D eigenvalue weighted by Crippen LogP contribution is 2.47. The number of ether oxygens (including phenoxy) is 2. The number of unbranched alkanes of at least 4 members (excludes halogenated alkanes) is 10. The molecule has 0 saturated heterocycles. The highest BCUT2D eigenvalue weighted by molar-refractivity contribution is 8.00. The van der Waals surface area contributed by atoms with Crippen LogP contribution in [0.25, 0.3) is 0 Å². The average molecular weight is 891 g/mol. The second-order valence-corrected chi connectivity index (χ2v) is 17.6. The number of nitrogens with zero attached hydrogens (tertiary/aromatic N) is 1. The van der Waals surface area contributed by atoms with Crippen molar-refractivity contribution in [3.05, 3.63) is 0 Å². The van der Waals surface area contributed by atoms with Crippen molar-refractivity contribution in [1.82, 2.24) is 26.2 Å². The molecular weight excluding hydrogens is 819 g/mol. The van der Waals surface area contributed by atoms with Crippen LogP contribution in [0.3, 0.4) is 0 Å². The van der Waals surface area contributed by atoms with E-state index in [1.54, 1.807) is 28.4 Å². The molecule has 0 aliphatic rings. The molecule has 5 amide bonds. The summed E-state index contributed by atoms with van der Waals surface area (Å²) in [4.78, 5) is 72.4. The van der Waals surface area contributed by atoms with Crippen LogP contribution in [0.2, 0.25) is 0 Å². The number of thioether (sulfide) groups is 2. The highest BCUT2D eigenvalue weighted by atomic mass is 32.2. The molecule has 7 N–H and O–H groups in total. The number of hydrogen-bond acceptors (Lipinski definition) is 13. The summed E-state index contributed by atoms with van der Waals surface area (Å²) in [7, 11) is -3.17. The Labute approximate surface area is 351 Å². The fourth-order valence-corrected chi connectivity index (χ4v) is 7.91. The first-order chi connectivity index (χ1) is 27.5. The Morgan fingerprint density at radius 1 is 0.684 bits per heavy atom. The first-order valence-corrected chi connectivity index (χ1v) is 25.0. The average Bonchev–Trinajstić information content (AvgIpc) is 3.17. The quantitative estimate of drug-likeness (QED) is 0.0287. The van der Waals surface area contributed by atoms with Crippen molar-refractivity contribution in [2.45, 2.75) is 110 Å². The SMILES string of the molecule is CCCCCCSCC(=O)NCCCCCC(=O)NCCN(CCNC(=O)CCCCCNC(=O)CSCCCCCCOP(=O)(O)OPN)C(=O)COCOC. The van der Waals surface area contributed by atoms with Gasteiger partial charge >= 0.3 is 7.82 Å². The van der Waals surface area contributed by atoms with E-state index in [0.29, 0.717) is 56.7 Å². The number of hydrogen-bond donors (Lipinski definition) is 6. The van der Waals surface area contributed by atoms with Gasteiger partial charge in [-0.2, -0.15) is 23.5 Å². The van der Waals surface area contributed by atoms with Crippen LogP contribution in [0.1, 0.15) is 110 Å². The van der Waals surface area contributed by atoms with Crippen LogP contribution in [0.5, 0.6) is 0 Å². The third kappa shape index (κ3) is 38.4. The van der Waals surface area contributed by atoms with Crippen molar-refractivity contribution in [3.8, 4) is 0 Å². The van der Waals surface area contributed by atoms with Gasteiger partial charge in [0, 0.05) is 59.2 Å². The first kappa shape index (κ1) is 55.5. The number of methoxy groups -OCH3 is 1. The van der Waals surface area contributed by atoms with Gasteiger partial charge in [0.15, 0.2) is 0 Å². The third-order valence-corrected chi connectivity index (χ3v) is 12.1. The molecule has 0 aromatic carbocycles. The minimum atomic E-state index is -4.03. The van der Waals surface area contributed by atoms with Gasteiger partial charge in [-0.05, 0) is 56.5 Å². The smallest absolute Gasteiger partial charge is 0.359 e. The van der Waals surface area contributed by atoms with E-state index in [9.17, 15) is 33.4 Å². The number of carbonyl (C=O) groups excluding carboxylic acids is 5. The number of amides is 5. The van der Waals surface area contributed by atoms with E-state index in [-0.39, 0.29) is 75.7 Å². The number of nitrogens with one attached hydrogen (secondary N) is 4. The minimum Gasteiger partial charge on any atom is -0.359 e. The highest BCUT2D eigenvalue weighted by Gasteiger charge is 2.19. The summed E-state index contributed by atoms with van der Waals surface area (Å²) < 4.78 is 30.7. The number of phosphoric ester groups is 1. The number of nitrogens with two attached hydrogens (primary N) is 1. The largest absolute Gasteiger partial charge is 0.476 e. The third-order valence-electron chi connectivity index (χ3n) is 8.21. The number of rotatable bonds is 41. The lowest BCUT2D eigenvalue weighted by Gasteiger charge is -2.23. The van der Waals surface area contributed by atoms with Gasteiger partial charge in [-0.15, -0.1) is 0 Å². The molecule has 57 heavy (non-hydrogen) atoms. The maximum Gasteiger partial charge on any atom is 0.476 e. The van der Waals surface area contributed by atoms with Crippen LogP contribution in [-0.4, -0.2) is 129 Å². The molecule has 21 heteroatoms. The fraction of sp³-hybridized carbons (Fsp3) is 0.861. The van der Waals surface area contributed by atoms with Crippen molar-refractivity contribution in [2.24, 2.45) is 5.50 Å². The zero-order valence-electron chi connectivity index (χ0n) is 34.3. The monoisotopic (exact) mass is 890 g/mol. The predicted molar refractivity (Wildman–Crippen MR) is 230 cm³/mol. The molecule has 0 aromatic rings. The van der Waals surface area contributed by atoms with Gasteiger partial charge in [0.05, 0.1) is 27.1 Å². The summed E-state index contributed by atoms with van der Waals surface area (Å²) in [5.41, 5.74) is 5.10. The first-order valence-electron chi connectivity index (χ1n) is 20.2. The second-order valence-electron chi connectivity index (χ2n) is 13.2. The van der Waals surface area contributed by atoms with Gasteiger partial charge in [0.2, 0.25) is 29.5 Å². The molecule has 0 spiro atoms. The predicted octanol–water partition coefficient (Wildman–Crippen LogP) is 4.23. The van der Waals surface area contributed by atoms with Crippen LogP contribution in [0.4, 0.5) is 0 Å². The van der Waals surface area contributed by atoms with E-state index in [2.05, 4.69) is 32.5 Å². The molecule has 0 saturated carbocycles. The molecule has 0 radical (unpaired) electrons. The van der Waals surface area contributed by atoms with Gasteiger partial charge in [0.1, 0.15) is 13.4 Å². The van der Waals surface area contributed by atoms with E-state index in [1.165, 1.54) is 26.4 Å². The van der Waals surface area contributed by atoms with Crippen LogP contribution >= 0.6 is 40.3 Å². The van der Waals surface area contributed by atoms with Crippen molar-refractivity contribution in [1.29, 1.82) is 0 Å². The Morgan fingerprint density at radius 3 is 1.68 bits per heavy atom. The molecule has 0 heterocycles. The van der Waals surface area contributed by atoms with Crippen molar-refractivity contribution >= 4 is 69.8 Å². The van der Waals surface area contributed by atoms with Crippen LogP contribution in [-0.2, 0) is 46.8 Å². The summed E-state index contributed by atoms with van der Waals surface area (Å²) >= 11 is 3.23. The minimum absolute atomic E-state index is 0.0240. The van der Waals surface area contributed by atoms with Gasteiger partial charge < -0.3 is 40.5 Å². The molecule has 0 aliphatic carbocycles. The van der Waals surface area contributed by atoms with E-state index in [0.717, 1.165) is 62.9 Å². The maximum atomic E-state index is 12.7. The van der Waals surface area contributed by atoms with E-state index < -0.39 is 16.8 Å². The molecule has 2 unspecified atom stereocenters. The zero-order valence-corrected chi connectivity index (χ0v) is 37.9. The Kier molecular flexibility index (Phi) is 38.8. The van der Waals surface area contributed by atoms with E-state index in [1.807, 2.05) is 0 Å². The topological polar surface area (TPSA) is 237 Å². The molecule has 334 valence electrons. The van der Waals surface area contributed by atoms with Gasteiger partial charge in [-0.3, -0.25) is 38.3 Å². The normalized spacial score (nSPS) is 12.4. The standard InChI is InChI=1S/C36H72N6O11P2S2/c1-3-4-5-15-26-56-29-34(45)38-19-12-8-10-17-32(43)40-21-23-42(36(47)28-51-31-50-2)24-22-41-33(44)18-11-9-13-20-39-35(46)30-57-27-16-7-6-14-25-52-55(48,49)53-54-37/h54H,3-31,37H2,1-2H3,(H,38,45)(H,39,46)(H,40,43)(H,41,44)(H,48,49). The van der Waals surface area contributed by atoms with Crippen molar-refractivity contribution in [2.75, 3.05) is 89.4 Å². The van der Waals surface area contributed by atoms with Crippen LogP contribution in [0.15, 0.2) is 0 Å². The van der Waals surface area contributed by atoms with E-state index in [4.69, 9.17) is 19.5 Å². The lowest BCUT2D eigenvalue weighted by atomic mass is 10.2. The van der Waals surface area contributed by atoms with Gasteiger partial charge in [-0.25, -0.2) is 4.57 Å². The molecule has 2 atom stereocenters. The molecule has 17 nitrogen and oxygen atoms in total. The fourth-order valence-electron chi connectivity index (χ4n) is 5.13. The molecular formula is C36H72N6O11P2S2. The van der Waals surface area contributed by atoms with Crippen molar-refractivity contribution < 1.29 is 51.7 Å². The molecule has 0 bridgehead atoms. The van der Waals surface area contributed by atoms with Crippen molar-refractivity contribution in [3.63, 3.8) is 0 Å². The second kappa shape index (κ2) is 39.9. The van der Waals surface area contributed by atoms with Gasteiger partial charge in [0.25, 0.3) is 0 Å². The molecule has 0 aromatic heterocycles. The zero-order chi connectivity index (χ0) is 42.2. The van der Waals surface area contributed by atoms with Gasteiger partial charge in [-0.1, -0.05) is 51.9 Å². The summed E-state index contributed by atoms with van der Waals surface area (Å²) in [6.45, 7) is 4.32. The Morgan fingerprint density at radius 2 is 1.18 bits per heavy atom. The molecule has 0 aliphatic heterocycles. The summed E-state index contributed by atoms with van der Waals surface area (Å²) in [6.07, 6.45) is 13.4.